The van der Waals surface area contributed by atoms with Crippen molar-refractivity contribution in [1.82, 2.24) is 9.55 Å². The van der Waals surface area contributed by atoms with Gasteiger partial charge in [0.05, 0.1) is 18.1 Å². The molecule has 4 nitrogen and oxygen atoms in total. The number of esters is 1. The lowest BCUT2D eigenvalue weighted by atomic mass is 10.3. The zero-order valence-corrected chi connectivity index (χ0v) is 9.43. The van der Waals surface area contributed by atoms with Crippen LogP contribution < -0.4 is 0 Å². The summed E-state index contributed by atoms with van der Waals surface area (Å²) in [6.45, 7) is 2.84. The number of aryl methyl sites for hydroxylation is 1. The van der Waals surface area contributed by atoms with Crippen LogP contribution in [0.4, 0.5) is 0 Å². The lowest BCUT2D eigenvalue weighted by Gasteiger charge is -2.04. The third-order valence-electron chi connectivity index (χ3n) is 2.58. The number of carbonyl (C=O) groups is 1. The smallest absolute Gasteiger partial charge is 0.313 e. The van der Waals surface area contributed by atoms with E-state index >= 15 is 0 Å². The van der Waals surface area contributed by atoms with E-state index in [0.29, 0.717) is 0 Å². The molecule has 0 aliphatic carbocycles. The Labute approximate surface area is 93.9 Å². The van der Waals surface area contributed by atoms with Gasteiger partial charge in [-0.3, -0.25) is 4.79 Å². The van der Waals surface area contributed by atoms with E-state index in [1.807, 2.05) is 35.8 Å². The molecule has 84 valence electrons. The lowest BCUT2D eigenvalue weighted by molar-refractivity contribution is -0.139. The van der Waals surface area contributed by atoms with E-state index in [1.54, 1.807) is 0 Å². The monoisotopic (exact) mass is 218 g/mol. The van der Waals surface area contributed by atoms with Crippen molar-refractivity contribution in [3.63, 3.8) is 0 Å². The Bertz CT molecular complexity index is 517. The van der Waals surface area contributed by atoms with Crippen LogP contribution in [0.15, 0.2) is 24.3 Å². The van der Waals surface area contributed by atoms with Gasteiger partial charge in [0.2, 0.25) is 0 Å². The normalized spacial score (nSPS) is 10.6. The number of hydrogen-bond acceptors (Lipinski definition) is 3. The fourth-order valence-corrected chi connectivity index (χ4v) is 1.81. The number of carbonyl (C=O) groups excluding carboxylic acids is 1. The van der Waals surface area contributed by atoms with Gasteiger partial charge in [0.1, 0.15) is 12.2 Å². The summed E-state index contributed by atoms with van der Waals surface area (Å²) in [6.07, 6.45) is 0.221. The number of aromatic nitrogens is 2. The molecule has 16 heavy (non-hydrogen) atoms. The van der Waals surface area contributed by atoms with Gasteiger partial charge in [-0.2, -0.15) is 0 Å². The number of methoxy groups -OCH3 is 1. The number of ether oxygens (including phenoxy) is 1. The Morgan fingerprint density at radius 2 is 2.19 bits per heavy atom. The largest absolute Gasteiger partial charge is 0.469 e. The van der Waals surface area contributed by atoms with Crippen LogP contribution in [0.5, 0.6) is 0 Å². The zero-order valence-electron chi connectivity index (χ0n) is 9.43. The summed E-state index contributed by atoms with van der Waals surface area (Å²) < 4.78 is 6.69. The molecule has 0 atom stereocenters. The maximum absolute atomic E-state index is 11.3. The quantitative estimate of drug-likeness (QED) is 0.737. The topological polar surface area (TPSA) is 44.1 Å². The van der Waals surface area contributed by atoms with Crippen LogP contribution in [0.1, 0.15) is 12.7 Å². The molecule has 1 aromatic carbocycles. The summed E-state index contributed by atoms with van der Waals surface area (Å²) in [5, 5.41) is 0. The molecular formula is C12H14N2O2. The molecule has 0 aliphatic heterocycles. The molecule has 0 aliphatic rings. The molecule has 0 bridgehead atoms. The van der Waals surface area contributed by atoms with Crippen LogP contribution in [-0.4, -0.2) is 22.6 Å². The first-order valence-corrected chi connectivity index (χ1v) is 5.27. The Morgan fingerprint density at radius 3 is 2.88 bits per heavy atom. The van der Waals surface area contributed by atoms with Crippen molar-refractivity contribution in [1.29, 1.82) is 0 Å². The van der Waals surface area contributed by atoms with Gasteiger partial charge in [-0.15, -0.1) is 0 Å². The maximum atomic E-state index is 11.3. The second-order valence-electron chi connectivity index (χ2n) is 3.51. The Kier molecular flexibility index (Phi) is 2.90. The highest BCUT2D eigenvalue weighted by molar-refractivity contribution is 5.78. The fraction of sp³-hybridized carbons (Fsp3) is 0.333. The molecule has 2 rings (SSSR count). The Hall–Kier alpha value is -1.84. The standard InChI is InChI=1S/C12H14N2O2/c1-3-14-10-7-5-4-6-9(10)13-11(14)8-12(15)16-2/h4-7H,3,8H2,1-2H3. The molecular weight excluding hydrogens is 204 g/mol. The van der Waals surface area contributed by atoms with Gasteiger partial charge >= 0.3 is 5.97 Å². The number of benzene rings is 1. The van der Waals surface area contributed by atoms with E-state index in [0.717, 1.165) is 23.4 Å². The number of hydrogen-bond donors (Lipinski definition) is 0. The predicted molar refractivity (Wildman–Crippen MR) is 61.1 cm³/mol. The first kappa shape index (κ1) is 10.7. The second-order valence-corrected chi connectivity index (χ2v) is 3.51. The Morgan fingerprint density at radius 1 is 1.44 bits per heavy atom. The molecule has 0 fully saturated rings. The highest BCUT2D eigenvalue weighted by Crippen LogP contribution is 2.16. The van der Waals surface area contributed by atoms with Crippen molar-refractivity contribution < 1.29 is 9.53 Å². The van der Waals surface area contributed by atoms with Crippen LogP contribution in [0.2, 0.25) is 0 Å². The third-order valence-corrected chi connectivity index (χ3v) is 2.58. The van der Waals surface area contributed by atoms with Crippen LogP contribution in [0.3, 0.4) is 0 Å². The summed E-state index contributed by atoms with van der Waals surface area (Å²) in [4.78, 5) is 15.7. The second kappa shape index (κ2) is 4.35. The first-order chi connectivity index (χ1) is 7.76. The van der Waals surface area contributed by atoms with Crippen molar-refractivity contribution in [3.8, 4) is 0 Å². The number of fused-ring (bicyclic) bond motifs is 1. The minimum atomic E-state index is -0.259. The molecule has 2 aromatic rings. The van der Waals surface area contributed by atoms with Gasteiger partial charge in [-0.25, -0.2) is 4.98 Å². The molecule has 0 radical (unpaired) electrons. The number of para-hydroxylation sites is 2. The van der Waals surface area contributed by atoms with Crippen LogP contribution in [-0.2, 0) is 22.5 Å². The molecule has 0 spiro atoms. The van der Waals surface area contributed by atoms with Gasteiger partial charge in [-0.05, 0) is 19.1 Å². The van der Waals surface area contributed by atoms with Crippen LogP contribution in [0.25, 0.3) is 11.0 Å². The van der Waals surface area contributed by atoms with E-state index in [9.17, 15) is 4.79 Å². The molecule has 1 aromatic heterocycles. The summed E-state index contributed by atoms with van der Waals surface area (Å²) in [6, 6.07) is 7.87. The lowest BCUT2D eigenvalue weighted by Crippen LogP contribution is -2.10. The highest BCUT2D eigenvalue weighted by atomic mass is 16.5. The van der Waals surface area contributed by atoms with Crippen LogP contribution >= 0.6 is 0 Å². The Balaban J connectivity index is 2.48. The molecule has 0 N–H and O–H groups in total. The zero-order chi connectivity index (χ0) is 11.5. The average Bonchev–Trinajstić information content (AvgIpc) is 2.65. The molecule has 0 saturated heterocycles. The first-order valence-electron chi connectivity index (χ1n) is 5.27. The number of imidazole rings is 1. The summed E-state index contributed by atoms with van der Waals surface area (Å²) in [7, 11) is 1.39. The van der Waals surface area contributed by atoms with Crippen molar-refractivity contribution in [2.45, 2.75) is 19.9 Å². The van der Waals surface area contributed by atoms with Gasteiger partial charge in [-0.1, -0.05) is 12.1 Å². The van der Waals surface area contributed by atoms with Crippen molar-refractivity contribution in [2.75, 3.05) is 7.11 Å². The minimum Gasteiger partial charge on any atom is -0.469 e. The minimum absolute atomic E-state index is 0.221. The van der Waals surface area contributed by atoms with Crippen molar-refractivity contribution >= 4 is 17.0 Å². The number of rotatable bonds is 3. The maximum Gasteiger partial charge on any atom is 0.313 e. The highest BCUT2D eigenvalue weighted by Gasteiger charge is 2.12. The van der Waals surface area contributed by atoms with Gasteiger partial charge in [0.15, 0.2) is 0 Å². The van der Waals surface area contributed by atoms with E-state index < -0.39 is 0 Å². The van der Waals surface area contributed by atoms with E-state index in [4.69, 9.17) is 0 Å². The fourth-order valence-electron chi connectivity index (χ4n) is 1.81. The van der Waals surface area contributed by atoms with Gasteiger partial charge in [0.25, 0.3) is 0 Å². The molecule has 0 unspecified atom stereocenters. The van der Waals surface area contributed by atoms with E-state index in [1.165, 1.54) is 7.11 Å². The SMILES string of the molecule is CCn1c(CC(=O)OC)nc2ccccc21. The third kappa shape index (κ3) is 1.78. The molecule has 4 heteroatoms. The summed E-state index contributed by atoms with van der Waals surface area (Å²) in [5.41, 5.74) is 1.98. The molecule has 1 heterocycles. The van der Waals surface area contributed by atoms with Crippen LogP contribution in [0, 0.1) is 0 Å². The van der Waals surface area contributed by atoms with Crippen molar-refractivity contribution in [3.05, 3.63) is 30.1 Å². The molecule has 0 amide bonds. The van der Waals surface area contributed by atoms with Crippen molar-refractivity contribution in [2.24, 2.45) is 0 Å². The van der Waals surface area contributed by atoms with E-state index in [2.05, 4.69) is 9.72 Å². The average molecular weight is 218 g/mol. The summed E-state index contributed by atoms with van der Waals surface area (Å²) >= 11 is 0. The summed E-state index contributed by atoms with van der Waals surface area (Å²) in [5.74, 6) is 0.501. The van der Waals surface area contributed by atoms with Gasteiger partial charge < -0.3 is 9.30 Å². The molecule has 0 saturated carbocycles. The van der Waals surface area contributed by atoms with E-state index in [-0.39, 0.29) is 12.4 Å². The predicted octanol–water partition coefficient (Wildman–Crippen LogP) is 1.77. The number of nitrogens with zero attached hydrogens (tertiary/aromatic N) is 2. The van der Waals surface area contributed by atoms with Gasteiger partial charge in [0, 0.05) is 6.54 Å².